The Kier molecular flexibility index (Phi) is 7.91. The normalized spacial score (nSPS) is 14.2. The first-order valence-electron chi connectivity index (χ1n) is 10.6. The summed E-state index contributed by atoms with van der Waals surface area (Å²) < 4.78 is 10.3. The van der Waals surface area contributed by atoms with Gasteiger partial charge in [-0.2, -0.15) is 0 Å². The monoisotopic (exact) mass is 574 g/mol. The maximum absolute atomic E-state index is 12.8. The minimum Gasteiger partial charge on any atom is -0.478 e. The van der Waals surface area contributed by atoms with Gasteiger partial charge in [0.2, 0.25) is 5.91 Å². The number of methoxy groups -OCH3 is 1. The first-order valence-corrected chi connectivity index (χ1v) is 12.2. The third kappa shape index (κ3) is 5.75. The molecule has 2 aromatic carbocycles. The number of halogens is 2. The Bertz CT molecular complexity index is 1530. The number of hydrogen-bond acceptors (Lipinski definition) is 8. The number of nitrogens with one attached hydrogen (secondary N) is 1. The van der Waals surface area contributed by atoms with Crippen molar-refractivity contribution < 1.29 is 38.2 Å². The van der Waals surface area contributed by atoms with E-state index in [4.69, 9.17) is 27.6 Å². The molecule has 3 amide bonds. The molecule has 1 aliphatic rings. The number of nitrogens with zero attached hydrogens (tertiary/aromatic N) is 1. The highest BCUT2D eigenvalue weighted by Crippen LogP contribution is 2.35. The minimum atomic E-state index is -1.13. The molecule has 2 heterocycles. The number of amides is 3. The molecule has 0 saturated carbocycles. The van der Waals surface area contributed by atoms with Crippen LogP contribution in [0.5, 0.6) is 0 Å². The van der Waals surface area contributed by atoms with E-state index in [1.165, 1.54) is 55.7 Å². The molecule has 194 valence electrons. The number of benzene rings is 2. The lowest BCUT2D eigenvalue weighted by Gasteiger charge is -2.13. The fourth-order valence-corrected chi connectivity index (χ4v) is 4.63. The van der Waals surface area contributed by atoms with Crippen LogP contribution in [0.4, 0.5) is 10.5 Å². The van der Waals surface area contributed by atoms with Crippen LogP contribution < -0.4 is 5.32 Å². The molecule has 3 aromatic rings. The average Bonchev–Trinajstić information content (AvgIpc) is 3.44. The van der Waals surface area contributed by atoms with Crippen molar-refractivity contribution in [3.05, 3.63) is 80.4 Å². The maximum Gasteiger partial charge on any atom is 0.339 e. The highest BCUT2D eigenvalue weighted by Gasteiger charge is 2.36. The smallest absolute Gasteiger partial charge is 0.339 e. The van der Waals surface area contributed by atoms with Gasteiger partial charge in [-0.25, -0.2) is 9.59 Å². The highest BCUT2D eigenvalue weighted by atomic mass is 35.5. The van der Waals surface area contributed by atoms with E-state index in [2.05, 4.69) is 10.1 Å². The maximum atomic E-state index is 12.8. The number of rotatable bonds is 7. The number of carbonyl (C=O) groups excluding carboxylic acids is 4. The van der Waals surface area contributed by atoms with Gasteiger partial charge in [0.1, 0.15) is 18.1 Å². The molecule has 0 radical (unpaired) electrons. The average molecular weight is 575 g/mol. The van der Waals surface area contributed by atoms with Crippen LogP contribution in [-0.4, -0.2) is 52.7 Å². The summed E-state index contributed by atoms with van der Waals surface area (Å²) in [5.41, 5.74) is 0.612. The summed E-state index contributed by atoms with van der Waals surface area (Å²) in [6.45, 7) is -0.570. The summed E-state index contributed by atoms with van der Waals surface area (Å²) in [6, 6.07) is 11.4. The second-order valence-corrected chi connectivity index (χ2v) is 9.51. The molecule has 0 unspecified atom stereocenters. The van der Waals surface area contributed by atoms with Crippen molar-refractivity contribution in [3.8, 4) is 11.3 Å². The van der Waals surface area contributed by atoms with Crippen LogP contribution in [0.15, 0.2) is 57.9 Å². The molecule has 2 N–H and O–H groups in total. The number of anilines is 1. The Balaban J connectivity index is 1.47. The fourth-order valence-electron chi connectivity index (χ4n) is 3.40. The summed E-state index contributed by atoms with van der Waals surface area (Å²) in [7, 11) is 1.19. The lowest BCUT2D eigenvalue weighted by molar-refractivity contribution is -0.127. The molecular weight excluding hydrogens is 559 g/mol. The van der Waals surface area contributed by atoms with Gasteiger partial charge in [-0.15, -0.1) is 0 Å². The van der Waals surface area contributed by atoms with E-state index in [9.17, 15) is 29.1 Å². The number of carbonyl (C=O) groups is 5. The van der Waals surface area contributed by atoms with Crippen molar-refractivity contribution in [1.82, 2.24) is 4.90 Å². The van der Waals surface area contributed by atoms with Crippen LogP contribution >= 0.6 is 35.0 Å². The van der Waals surface area contributed by atoms with E-state index in [1.54, 1.807) is 6.07 Å². The van der Waals surface area contributed by atoms with Gasteiger partial charge >= 0.3 is 11.9 Å². The second kappa shape index (κ2) is 11.1. The number of thioether (sulfide) groups is 1. The quantitative estimate of drug-likeness (QED) is 0.279. The van der Waals surface area contributed by atoms with Crippen molar-refractivity contribution in [2.24, 2.45) is 0 Å². The van der Waals surface area contributed by atoms with Crippen LogP contribution in [0.1, 0.15) is 26.5 Å². The predicted octanol–water partition coefficient (Wildman–Crippen LogP) is 5.41. The lowest BCUT2D eigenvalue weighted by atomic mass is 10.1. The van der Waals surface area contributed by atoms with Crippen LogP contribution in [-0.2, 0) is 14.3 Å². The molecule has 10 nitrogen and oxygen atoms in total. The number of hydrogen-bond donors (Lipinski definition) is 2. The largest absolute Gasteiger partial charge is 0.478 e. The molecule has 38 heavy (non-hydrogen) atoms. The number of aromatic carboxylic acids is 1. The third-order valence-electron chi connectivity index (χ3n) is 5.21. The first-order chi connectivity index (χ1) is 18.1. The highest BCUT2D eigenvalue weighted by molar-refractivity contribution is 8.18. The fraction of sp³-hybridized carbons (Fsp3) is 0.0800. The number of esters is 1. The second-order valence-electron chi connectivity index (χ2n) is 7.70. The minimum absolute atomic E-state index is 0.0156. The van der Waals surface area contributed by atoms with Gasteiger partial charge in [0.05, 0.1) is 33.2 Å². The molecule has 0 bridgehead atoms. The molecule has 0 atom stereocenters. The van der Waals surface area contributed by atoms with E-state index in [-0.39, 0.29) is 43.3 Å². The van der Waals surface area contributed by atoms with E-state index in [0.29, 0.717) is 17.3 Å². The topological polar surface area (TPSA) is 143 Å². The molecule has 0 spiro atoms. The van der Waals surface area contributed by atoms with Crippen LogP contribution in [0, 0.1) is 0 Å². The van der Waals surface area contributed by atoms with E-state index in [1.807, 2.05) is 0 Å². The Morgan fingerprint density at radius 3 is 2.53 bits per heavy atom. The summed E-state index contributed by atoms with van der Waals surface area (Å²) in [5, 5.41) is 11.4. The van der Waals surface area contributed by atoms with Crippen LogP contribution in [0.25, 0.3) is 17.4 Å². The van der Waals surface area contributed by atoms with Gasteiger partial charge in [-0.3, -0.25) is 19.3 Å². The zero-order chi connectivity index (χ0) is 27.6. The van der Waals surface area contributed by atoms with Gasteiger partial charge in [-0.1, -0.05) is 23.2 Å². The molecule has 1 fully saturated rings. The predicted molar refractivity (Wildman–Crippen MR) is 140 cm³/mol. The molecule has 1 aromatic heterocycles. The lowest BCUT2D eigenvalue weighted by Crippen LogP contribution is -2.36. The molecule has 1 aliphatic heterocycles. The Labute approximate surface area is 229 Å². The zero-order valence-corrected chi connectivity index (χ0v) is 21.6. The van der Waals surface area contributed by atoms with Crippen molar-refractivity contribution in [2.75, 3.05) is 19.0 Å². The van der Waals surface area contributed by atoms with Gasteiger partial charge in [0.15, 0.2) is 0 Å². The standard InChI is InChI=1S/C25H16Cl2N2O8S/c1-36-24(34)16-9-13(3-6-18(16)27)28-21(30)11-29-22(31)20(38-25(29)35)10-14-4-7-19(37-14)15-8-12(23(32)33)2-5-17(15)26/h2-10H,11H2,1H3,(H,28,30)(H,32,33)/b20-10-. The Morgan fingerprint density at radius 2 is 1.82 bits per heavy atom. The summed E-state index contributed by atoms with van der Waals surface area (Å²) in [5.74, 6) is -2.74. The Morgan fingerprint density at radius 1 is 1.08 bits per heavy atom. The first kappa shape index (κ1) is 27.0. The van der Waals surface area contributed by atoms with E-state index in [0.717, 1.165) is 4.90 Å². The van der Waals surface area contributed by atoms with Crippen molar-refractivity contribution in [2.45, 2.75) is 0 Å². The summed E-state index contributed by atoms with van der Waals surface area (Å²) in [4.78, 5) is 61.6. The SMILES string of the molecule is COC(=O)c1cc(NC(=O)CN2C(=O)S/C(=C\c3ccc(-c4cc(C(=O)O)ccc4Cl)o3)C2=O)ccc1Cl. The molecule has 0 aliphatic carbocycles. The van der Waals surface area contributed by atoms with Crippen molar-refractivity contribution >= 4 is 75.7 Å². The van der Waals surface area contributed by atoms with Gasteiger partial charge in [0, 0.05) is 17.3 Å². The number of furan rings is 1. The third-order valence-corrected chi connectivity index (χ3v) is 6.78. The number of imide groups is 1. The molecule has 1 saturated heterocycles. The summed E-state index contributed by atoms with van der Waals surface area (Å²) >= 11 is 12.8. The zero-order valence-electron chi connectivity index (χ0n) is 19.3. The van der Waals surface area contributed by atoms with Crippen molar-refractivity contribution in [1.29, 1.82) is 0 Å². The number of ether oxygens (including phenoxy) is 1. The van der Waals surface area contributed by atoms with Gasteiger partial charge in [-0.05, 0) is 60.3 Å². The van der Waals surface area contributed by atoms with Gasteiger partial charge < -0.3 is 19.6 Å². The summed E-state index contributed by atoms with van der Waals surface area (Å²) in [6.07, 6.45) is 1.34. The number of carboxylic acid groups (broad SMARTS) is 1. The Hall–Kier alpha value is -4.06. The van der Waals surface area contributed by atoms with Gasteiger partial charge in [0.25, 0.3) is 11.1 Å². The van der Waals surface area contributed by atoms with Crippen LogP contribution in [0.3, 0.4) is 0 Å². The van der Waals surface area contributed by atoms with E-state index < -0.39 is 35.5 Å². The molecular formula is C25H16Cl2N2O8S. The van der Waals surface area contributed by atoms with E-state index >= 15 is 0 Å². The number of carboxylic acids is 1. The van der Waals surface area contributed by atoms with Crippen LogP contribution in [0.2, 0.25) is 10.0 Å². The molecule has 13 heteroatoms. The van der Waals surface area contributed by atoms with Crippen molar-refractivity contribution in [3.63, 3.8) is 0 Å². The molecule has 4 rings (SSSR count).